The summed E-state index contributed by atoms with van der Waals surface area (Å²) in [5.74, 6) is -0.0732. The lowest BCUT2D eigenvalue weighted by Gasteiger charge is -2.20. The lowest BCUT2D eigenvalue weighted by atomic mass is 10.0. The molecule has 0 aliphatic carbocycles. The van der Waals surface area contributed by atoms with Crippen LogP contribution >= 0.6 is 0 Å². The summed E-state index contributed by atoms with van der Waals surface area (Å²) in [4.78, 5) is 24.6. The van der Waals surface area contributed by atoms with Crippen LogP contribution in [0.2, 0.25) is 0 Å². The van der Waals surface area contributed by atoms with E-state index < -0.39 is 12.1 Å². The average Bonchev–Trinajstić information content (AvgIpc) is 3.37. The third-order valence-corrected chi connectivity index (χ3v) is 15.0. The van der Waals surface area contributed by atoms with Crippen LogP contribution in [-0.4, -0.2) is 47.4 Å². The van der Waals surface area contributed by atoms with Gasteiger partial charge in [0.1, 0.15) is 0 Å². The van der Waals surface area contributed by atoms with E-state index in [2.05, 4.69) is 31.3 Å². The van der Waals surface area contributed by atoms with Crippen LogP contribution in [0, 0.1) is 0 Å². The fourth-order valence-corrected chi connectivity index (χ4v) is 10.0. The topological polar surface area (TPSA) is 95.9 Å². The van der Waals surface area contributed by atoms with E-state index in [1.165, 1.54) is 283 Å². The van der Waals surface area contributed by atoms with Gasteiger partial charge in [-0.2, -0.15) is 0 Å². The maximum absolute atomic E-state index is 12.5. The normalized spacial score (nSPS) is 12.7. The van der Waals surface area contributed by atoms with Gasteiger partial charge in [-0.25, -0.2) is 0 Å². The minimum absolute atomic E-state index is 0.00335. The molecule has 0 fully saturated rings. The summed E-state index contributed by atoms with van der Waals surface area (Å²) < 4.78 is 5.47. The minimum Gasteiger partial charge on any atom is -0.466 e. The van der Waals surface area contributed by atoms with Gasteiger partial charge in [0.25, 0.3) is 0 Å². The summed E-state index contributed by atoms with van der Waals surface area (Å²) in [5.41, 5.74) is 0. The van der Waals surface area contributed by atoms with Gasteiger partial charge in [0.2, 0.25) is 5.91 Å². The second-order valence-corrected chi connectivity index (χ2v) is 22.1. The van der Waals surface area contributed by atoms with E-state index in [0.29, 0.717) is 19.4 Å². The van der Waals surface area contributed by atoms with E-state index in [4.69, 9.17) is 4.74 Å². The SMILES string of the molecule is CCCCCCC/C=C\CCCCCCCC(=O)OCCCCCCCCCCCCCCCCCCCC(=O)NC(CO)C(O)/C=C/CCCCCCCCCCCCCCCCCCCCCCC. The van der Waals surface area contributed by atoms with Crippen molar-refractivity contribution < 1.29 is 24.5 Å². The molecule has 0 saturated carbocycles. The number of hydrogen-bond acceptors (Lipinski definition) is 5. The number of aliphatic hydroxyl groups excluding tert-OH is 2. The number of hydrogen-bond donors (Lipinski definition) is 3. The van der Waals surface area contributed by atoms with Crippen molar-refractivity contribution in [2.75, 3.05) is 13.2 Å². The maximum atomic E-state index is 12.5. The van der Waals surface area contributed by atoms with E-state index in [0.717, 1.165) is 44.9 Å². The highest BCUT2D eigenvalue weighted by molar-refractivity contribution is 5.76. The van der Waals surface area contributed by atoms with Crippen molar-refractivity contribution in [2.45, 2.75) is 366 Å². The summed E-state index contributed by atoms with van der Waals surface area (Å²) in [6, 6.07) is -0.633. The van der Waals surface area contributed by atoms with Gasteiger partial charge in [0.15, 0.2) is 0 Å². The van der Waals surface area contributed by atoms with Crippen molar-refractivity contribution in [3.05, 3.63) is 24.3 Å². The minimum atomic E-state index is -0.849. The Labute approximate surface area is 443 Å². The van der Waals surface area contributed by atoms with Crippen molar-refractivity contribution in [3.8, 4) is 0 Å². The fourth-order valence-electron chi connectivity index (χ4n) is 10.0. The zero-order chi connectivity index (χ0) is 51.4. The maximum Gasteiger partial charge on any atom is 0.305 e. The number of rotatable bonds is 60. The molecule has 3 N–H and O–H groups in total. The molecule has 420 valence electrons. The molecule has 0 aliphatic rings. The second kappa shape index (κ2) is 60.9. The Hall–Kier alpha value is -1.66. The van der Waals surface area contributed by atoms with Crippen LogP contribution in [0.3, 0.4) is 0 Å². The number of unbranched alkanes of at least 4 members (excludes halogenated alkanes) is 47. The summed E-state index contributed by atoms with van der Waals surface area (Å²) >= 11 is 0. The molecule has 0 aromatic heterocycles. The van der Waals surface area contributed by atoms with Gasteiger partial charge in [0, 0.05) is 12.8 Å². The molecule has 0 rings (SSSR count). The van der Waals surface area contributed by atoms with Crippen molar-refractivity contribution in [1.29, 1.82) is 0 Å². The molecule has 6 heteroatoms. The number of carbonyl (C=O) groups excluding carboxylic acids is 2. The largest absolute Gasteiger partial charge is 0.466 e. The Balaban J connectivity index is 3.45. The fraction of sp³-hybridized carbons (Fsp3) is 0.908. The quantitative estimate of drug-likeness (QED) is 0.0320. The first-order chi connectivity index (χ1) is 35.0. The van der Waals surface area contributed by atoms with E-state index in [9.17, 15) is 19.8 Å². The predicted molar refractivity (Wildman–Crippen MR) is 310 cm³/mol. The van der Waals surface area contributed by atoms with E-state index in [-0.39, 0.29) is 18.5 Å². The second-order valence-electron chi connectivity index (χ2n) is 22.1. The Kier molecular flexibility index (Phi) is 59.5. The highest BCUT2D eigenvalue weighted by Gasteiger charge is 2.18. The van der Waals surface area contributed by atoms with E-state index >= 15 is 0 Å². The van der Waals surface area contributed by atoms with Crippen LogP contribution < -0.4 is 5.32 Å². The lowest BCUT2D eigenvalue weighted by molar-refractivity contribution is -0.143. The van der Waals surface area contributed by atoms with Crippen molar-refractivity contribution in [2.24, 2.45) is 0 Å². The molecule has 0 bridgehead atoms. The Bertz CT molecular complexity index is 1110. The molecule has 6 nitrogen and oxygen atoms in total. The molecule has 0 spiro atoms. The lowest BCUT2D eigenvalue weighted by Crippen LogP contribution is -2.45. The Morgan fingerprint density at radius 1 is 0.380 bits per heavy atom. The first-order valence-corrected chi connectivity index (χ1v) is 32.1. The van der Waals surface area contributed by atoms with Gasteiger partial charge in [-0.15, -0.1) is 0 Å². The number of carbonyl (C=O) groups is 2. The monoisotopic (exact) mass is 1000 g/mol. The standard InChI is InChI=1S/C65H125NO5/c1-3-5-7-9-11-13-15-17-19-20-21-22-23-24-25-27-30-33-37-41-45-49-53-57-63(68)62(61-67)66-64(69)58-54-50-46-42-38-34-31-28-26-29-32-36-40-44-48-52-56-60-71-65(70)59-55-51-47-43-39-35-18-16-14-12-10-8-6-4-2/h16,18,53,57,62-63,67-68H,3-15,17,19-52,54-56,58-61H2,1-2H3,(H,66,69)/b18-16-,57-53+. The van der Waals surface area contributed by atoms with Crippen LogP contribution in [-0.2, 0) is 14.3 Å². The molecule has 0 aromatic rings. The van der Waals surface area contributed by atoms with Gasteiger partial charge >= 0.3 is 5.97 Å². The number of aliphatic hydroxyl groups is 2. The smallest absolute Gasteiger partial charge is 0.305 e. The van der Waals surface area contributed by atoms with E-state index in [1.807, 2.05) is 6.08 Å². The van der Waals surface area contributed by atoms with Crippen LogP contribution in [0.1, 0.15) is 354 Å². The molecule has 0 heterocycles. The van der Waals surface area contributed by atoms with Crippen LogP contribution in [0.4, 0.5) is 0 Å². The zero-order valence-electron chi connectivity index (χ0n) is 48.0. The number of amides is 1. The molecule has 0 aromatic carbocycles. The summed E-state index contributed by atoms with van der Waals surface area (Å²) in [6.07, 6.45) is 75.0. The van der Waals surface area contributed by atoms with Crippen LogP contribution in [0.5, 0.6) is 0 Å². The third kappa shape index (κ3) is 57.5. The highest BCUT2D eigenvalue weighted by atomic mass is 16.5. The Morgan fingerprint density at radius 2 is 0.662 bits per heavy atom. The zero-order valence-corrected chi connectivity index (χ0v) is 48.0. The summed E-state index contributed by atoms with van der Waals surface area (Å²) in [6.45, 7) is 4.91. The van der Waals surface area contributed by atoms with Crippen LogP contribution in [0.15, 0.2) is 24.3 Å². The van der Waals surface area contributed by atoms with E-state index in [1.54, 1.807) is 6.08 Å². The Morgan fingerprint density at radius 3 is 1.00 bits per heavy atom. The predicted octanol–water partition coefficient (Wildman–Crippen LogP) is 20.2. The van der Waals surface area contributed by atoms with Crippen LogP contribution in [0.25, 0.3) is 0 Å². The van der Waals surface area contributed by atoms with Crippen molar-refractivity contribution in [1.82, 2.24) is 5.32 Å². The summed E-state index contributed by atoms with van der Waals surface area (Å²) in [5, 5.41) is 23.2. The molecular weight excluding hydrogens is 875 g/mol. The van der Waals surface area contributed by atoms with Gasteiger partial charge in [-0.05, 0) is 57.8 Å². The average molecular weight is 1000 g/mol. The molecule has 2 unspecified atom stereocenters. The van der Waals surface area contributed by atoms with Gasteiger partial charge < -0.3 is 20.3 Å². The molecule has 1 amide bonds. The van der Waals surface area contributed by atoms with Gasteiger partial charge in [-0.1, -0.05) is 308 Å². The van der Waals surface area contributed by atoms with Crippen molar-refractivity contribution in [3.63, 3.8) is 0 Å². The molecule has 0 saturated heterocycles. The van der Waals surface area contributed by atoms with Crippen molar-refractivity contribution >= 4 is 11.9 Å². The molecule has 0 aliphatic heterocycles. The molecule has 0 radical (unpaired) electrons. The summed E-state index contributed by atoms with van der Waals surface area (Å²) in [7, 11) is 0. The number of allylic oxidation sites excluding steroid dienone is 3. The first kappa shape index (κ1) is 69.3. The number of nitrogens with one attached hydrogen (secondary N) is 1. The number of ether oxygens (including phenoxy) is 1. The molecule has 71 heavy (non-hydrogen) atoms. The molecular formula is C65H125NO5. The molecule has 2 atom stereocenters. The van der Waals surface area contributed by atoms with Gasteiger partial charge in [0.05, 0.1) is 25.4 Å². The number of esters is 1. The van der Waals surface area contributed by atoms with Gasteiger partial charge in [-0.3, -0.25) is 9.59 Å². The third-order valence-electron chi connectivity index (χ3n) is 15.0. The first-order valence-electron chi connectivity index (χ1n) is 32.1. The highest BCUT2D eigenvalue weighted by Crippen LogP contribution is 2.18.